The number of rotatable bonds is 1. The molecule has 4 heteroatoms. The van der Waals surface area contributed by atoms with Gasteiger partial charge in [0.05, 0.1) is 0 Å². The fraction of sp³-hybridized carbons (Fsp3) is 0.0909. The molecule has 0 amide bonds. The summed E-state index contributed by atoms with van der Waals surface area (Å²) in [6, 6.07) is 7.19. The Morgan fingerprint density at radius 1 is 0.867 bits per heavy atom. The molecule has 0 nitrogen and oxygen atoms in total. The topological polar surface area (TPSA) is 0 Å². The zero-order valence-corrected chi connectivity index (χ0v) is 10.6. The van der Waals surface area contributed by atoms with Crippen molar-refractivity contribution >= 4 is 57.2 Å². The van der Waals surface area contributed by atoms with E-state index in [-0.39, 0.29) is 0 Å². The van der Waals surface area contributed by atoms with E-state index in [0.717, 1.165) is 16.3 Å². The van der Waals surface area contributed by atoms with Crippen molar-refractivity contribution in [2.75, 3.05) is 0 Å². The fourth-order valence-corrected chi connectivity index (χ4v) is 2.65. The Bertz CT molecular complexity index is 519. The number of fused-ring (bicyclic) bond motifs is 1. The predicted molar refractivity (Wildman–Crippen MR) is 68.5 cm³/mol. The molecule has 2 rings (SSSR count). The van der Waals surface area contributed by atoms with Gasteiger partial charge in [-0.05, 0) is 29.1 Å². The van der Waals surface area contributed by atoms with Gasteiger partial charge in [-0.25, -0.2) is 0 Å². The molecule has 0 saturated carbocycles. The van der Waals surface area contributed by atoms with Gasteiger partial charge in [-0.2, -0.15) is 0 Å². The van der Waals surface area contributed by atoms with Crippen LogP contribution in [-0.4, -0.2) is 0 Å². The highest BCUT2D eigenvalue weighted by molar-refractivity contribution is 6.40. The van der Waals surface area contributed by atoms with E-state index in [1.165, 1.54) is 0 Å². The highest BCUT2D eigenvalue weighted by atomic mass is 35.5. The van der Waals surface area contributed by atoms with E-state index >= 15 is 0 Å². The second-order valence-electron chi connectivity index (χ2n) is 3.14. The van der Waals surface area contributed by atoms with Crippen LogP contribution in [0.1, 0.15) is 5.56 Å². The predicted octanol–water partition coefficient (Wildman–Crippen LogP) is 5.54. The third-order valence-corrected chi connectivity index (χ3v) is 3.39. The van der Waals surface area contributed by atoms with Crippen molar-refractivity contribution in [2.45, 2.75) is 5.88 Å². The summed E-state index contributed by atoms with van der Waals surface area (Å²) >= 11 is 23.9. The van der Waals surface area contributed by atoms with Gasteiger partial charge in [-0.1, -0.05) is 40.9 Å². The molecule has 2 aromatic carbocycles. The first-order valence-corrected chi connectivity index (χ1v) is 5.92. The van der Waals surface area contributed by atoms with E-state index in [1.807, 2.05) is 12.1 Å². The van der Waals surface area contributed by atoms with Crippen LogP contribution in [0, 0.1) is 0 Å². The fourth-order valence-electron chi connectivity index (χ4n) is 1.52. The summed E-state index contributed by atoms with van der Waals surface area (Å²) in [5, 5.41) is 3.65. The minimum Gasteiger partial charge on any atom is -0.121 e. The Morgan fingerprint density at radius 2 is 1.60 bits per heavy atom. The summed E-state index contributed by atoms with van der Waals surface area (Å²) < 4.78 is 0. The van der Waals surface area contributed by atoms with Crippen LogP contribution in [0.15, 0.2) is 24.3 Å². The molecule has 2 aromatic rings. The second kappa shape index (κ2) is 4.39. The van der Waals surface area contributed by atoms with Crippen molar-refractivity contribution in [2.24, 2.45) is 0 Å². The van der Waals surface area contributed by atoms with E-state index in [9.17, 15) is 0 Å². The van der Waals surface area contributed by atoms with Crippen LogP contribution in [0.25, 0.3) is 10.8 Å². The average Bonchev–Trinajstić information content (AvgIpc) is 2.19. The summed E-state index contributed by atoms with van der Waals surface area (Å²) in [7, 11) is 0. The van der Waals surface area contributed by atoms with Gasteiger partial charge in [0.25, 0.3) is 0 Å². The second-order valence-corrected chi connectivity index (χ2v) is 4.66. The SMILES string of the molecule is ClCc1c(Cl)cc(Cl)c2cc(Cl)ccc12. The van der Waals surface area contributed by atoms with Gasteiger partial charge in [0.15, 0.2) is 0 Å². The lowest BCUT2D eigenvalue weighted by atomic mass is 10.1. The lowest BCUT2D eigenvalue weighted by molar-refractivity contribution is 1.45. The quantitative estimate of drug-likeness (QED) is 0.601. The molecule has 0 aliphatic rings. The molecule has 0 saturated heterocycles. The number of hydrogen-bond donors (Lipinski definition) is 0. The molecular weight excluding hydrogens is 274 g/mol. The Labute approximate surface area is 108 Å². The number of benzene rings is 2. The van der Waals surface area contributed by atoms with E-state index < -0.39 is 0 Å². The van der Waals surface area contributed by atoms with E-state index in [0.29, 0.717) is 20.9 Å². The van der Waals surface area contributed by atoms with E-state index in [4.69, 9.17) is 46.4 Å². The maximum Gasteiger partial charge on any atom is 0.0499 e. The zero-order valence-electron chi connectivity index (χ0n) is 7.53. The van der Waals surface area contributed by atoms with E-state index in [1.54, 1.807) is 12.1 Å². The largest absolute Gasteiger partial charge is 0.121 e. The lowest BCUT2D eigenvalue weighted by Gasteiger charge is -2.08. The molecule has 0 aliphatic carbocycles. The Hall–Kier alpha value is -0.140. The lowest BCUT2D eigenvalue weighted by Crippen LogP contribution is -1.85. The first-order valence-electron chi connectivity index (χ1n) is 4.25. The zero-order chi connectivity index (χ0) is 11.0. The van der Waals surface area contributed by atoms with Gasteiger partial charge in [0.1, 0.15) is 0 Å². The molecule has 0 heterocycles. The van der Waals surface area contributed by atoms with Crippen LogP contribution >= 0.6 is 46.4 Å². The number of alkyl halides is 1. The molecule has 0 N–H and O–H groups in total. The van der Waals surface area contributed by atoms with Gasteiger partial charge < -0.3 is 0 Å². The van der Waals surface area contributed by atoms with Gasteiger partial charge >= 0.3 is 0 Å². The van der Waals surface area contributed by atoms with Crippen molar-refractivity contribution in [1.82, 2.24) is 0 Å². The Morgan fingerprint density at radius 3 is 2.27 bits per heavy atom. The van der Waals surface area contributed by atoms with Crippen molar-refractivity contribution in [3.8, 4) is 0 Å². The van der Waals surface area contributed by atoms with Crippen LogP contribution in [-0.2, 0) is 5.88 Å². The van der Waals surface area contributed by atoms with Crippen molar-refractivity contribution < 1.29 is 0 Å². The molecule has 78 valence electrons. The molecule has 0 radical (unpaired) electrons. The van der Waals surface area contributed by atoms with Gasteiger partial charge in [0.2, 0.25) is 0 Å². The van der Waals surface area contributed by atoms with Crippen LogP contribution in [0.2, 0.25) is 15.1 Å². The molecule has 0 aliphatic heterocycles. The van der Waals surface area contributed by atoms with Crippen molar-refractivity contribution in [3.05, 3.63) is 44.9 Å². The van der Waals surface area contributed by atoms with Crippen LogP contribution in [0.4, 0.5) is 0 Å². The van der Waals surface area contributed by atoms with Crippen LogP contribution in [0.5, 0.6) is 0 Å². The molecule has 15 heavy (non-hydrogen) atoms. The van der Waals surface area contributed by atoms with Crippen LogP contribution < -0.4 is 0 Å². The Balaban J connectivity index is 2.90. The molecular formula is C11H6Cl4. The third-order valence-electron chi connectivity index (χ3n) is 2.24. The highest BCUT2D eigenvalue weighted by Crippen LogP contribution is 2.34. The highest BCUT2D eigenvalue weighted by Gasteiger charge is 2.09. The maximum atomic E-state index is 6.08. The third kappa shape index (κ3) is 2.05. The summed E-state index contributed by atoms with van der Waals surface area (Å²) in [5.74, 6) is 0.355. The molecule has 0 spiro atoms. The Kier molecular flexibility index (Phi) is 3.32. The minimum atomic E-state index is 0.355. The molecule has 0 bridgehead atoms. The normalized spacial score (nSPS) is 10.9. The van der Waals surface area contributed by atoms with Gasteiger partial charge in [-0.15, -0.1) is 11.6 Å². The molecule has 0 atom stereocenters. The maximum absolute atomic E-state index is 6.08. The van der Waals surface area contributed by atoms with E-state index in [2.05, 4.69) is 0 Å². The smallest absolute Gasteiger partial charge is 0.0499 e. The number of halogens is 4. The monoisotopic (exact) mass is 278 g/mol. The minimum absolute atomic E-state index is 0.355. The molecule has 0 aromatic heterocycles. The molecule has 0 fully saturated rings. The van der Waals surface area contributed by atoms with Crippen molar-refractivity contribution in [3.63, 3.8) is 0 Å². The summed E-state index contributed by atoms with van der Waals surface area (Å²) in [6.45, 7) is 0. The van der Waals surface area contributed by atoms with Crippen LogP contribution in [0.3, 0.4) is 0 Å². The summed E-state index contributed by atoms with van der Waals surface area (Å²) in [6.07, 6.45) is 0. The van der Waals surface area contributed by atoms with Crippen molar-refractivity contribution in [1.29, 1.82) is 0 Å². The summed E-state index contributed by atoms with van der Waals surface area (Å²) in [5.41, 5.74) is 0.884. The average molecular weight is 280 g/mol. The first-order chi connectivity index (χ1) is 7.13. The van der Waals surface area contributed by atoms with Gasteiger partial charge in [-0.3, -0.25) is 0 Å². The first kappa shape index (κ1) is 11.3. The molecule has 0 unspecified atom stereocenters. The van der Waals surface area contributed by atoms with Gasteiger partial charge in [0, 0.05) is 26.3 Å². The number of hydrogen-bond acceptors (Lipinski definition) is 0. The summed E-state index contributed by atoms with van der Waals surface area (Å²) in [4.78, 5) is 0. The standard InChI is InChI=1S/C11H6Cl4/c12-5-9-7-2-1-6(13)3-8(7)10(14)4-11(9)15/h1-4H,5H2.